The average Bonchev–Trinajstić information content (AvgIpc) is 2.48. The summed E-state index contributed by atoms with van der Waals surface area (Å²) in [5.41, 5.74) is 2.66. The molecule has 0 heterocycles. The van der Waals surface area contributed by atoms with Crippen molar-refractivity contribution in [2.45, 2.75) is 19.6 Å². The van der Waals surface area contributed by atoms with Crippen LogP contribution in [0.2, 0.25) is 0 Å². The summed E-state index contributed by atoms with van der Waals surface area (Å²) in [5, 5.41) is 11.6. The van der Waals surface area contributed by atoms with Gasteiger partial charge in [-0.1, -0.05) is 35.9 Å². The number of nitroso groups, excluding NO2 is 1. The fourth-order valence-electron chi connectivity index (χ4n) is 1.81. The third-order valence-corrected chi connectivity index (χ3v) is 2.92. The summed E-state index contributed by atoms with van der Waals surface area (Å²) in [7, 11) is 0. The molecule has 1 unspecified atom stereocenters. The van der Waals surface area contributed by atoms with Gasteiger partial charge < -0.3 is 4.74 Å². The van der Waals surface area contributed by atoms with E-state index in [0.29, 0.717) is 12.2 Å². The molecule has 2 rings (SSSR count). The van der Waals surface area contributed by atoms with Gasteiger partial charge in [0.2, 0.25) is 6.04 Å². The minimum Gasteiger partial charge on any atom is -0.489 e. The van der Waals surface area contributed by atoms with Crippen LogP contribution in [0.15, 0.2) is 53.7 Å². The Bertz CT molecular complexity index is 630. The molecule has 0 radical (unpaired) electrons. The number of benzene rings is 2. The van der Waals surface area contributed by atoms with E-state index in [-0.39, 0.29) is 0 Å². The van der Waals surface area contributed by atoms with Gasteiger partial charge in [-0.05, 0) is 41.4 Å². The van der Waals surface area contributed by atoms with Crippen molar-refractivity contribution in [1.29, 1.82) is 5.26 Å². The Hall–Kier alpha value is -2.67. The lowest BCUT2D eigenvalue weighted by Crippen LogP contribution is -1.98. The fraction of sp³-hybridized carbons (Fsp3) is 0.188. The van der Waals surface area contributed by atoms with Crippen LogP contribution in [-0.4, -0.2) is 0 Å². The lowest BCUT2D eigenvalue weighted by Gasteiger charge is -2.08. The van der Waals surface area contributed by atoms with Crippen LogP contribution in [-0.2, 0) is 6.61 Å². The first-order valence-electron chi connectivity index (χ1n) is 6.23. The molecule has 0 aliphatic rings. The quantitative estimate of drug-likeness (QED) is 0.771. The largest absolute Gasteiger partial charge is 0.489 e. The number of nitriles is 1. The van der Waals surface area contributed by atoms with Crippen molar-refractivity contribution in [3.05, 3.63) is 70.1 Å². The van der Waals surface area contributed by atoms with Gasteiger partial charge in [-0.25, -0.2) is 0 Å². The zero-order valence-electron chi connectivity index (χ0n) is 11.1. The van der Waals surface area contributed by atoms with Crippen LogP contribution in [0.25, 0.3) is 0 Å². The Kier molecular flexibility index (Phi) is 4.46. The van der Waals surface area contributed by atoms with Crippen LogP contribution >= 0.6 is 0 Å². The molecule has 2 aromatic rings. The molecule has 2 aromatic carbocycles. The van der Waals surface area contributed by atoms with E-state index >= 15 is 0 Å². The van der Waals surface area contributed by atoms with Crippen molar-refractivity contribution in [3.63, 3.8) is 0 Å². The number of hydrogen-bond acceptors (Lipinski definition) is 4. The lowest BCUT2D eigenvalue weighted by atomic mass is 10.1. The number of rotatable bonds is 5. The maximum absolute atomic E-state index is 10.6. The van der Waals surface area contributed by atoms with Crippen LogP contribution in [0.1, 0.15) is 22.7 Å². The summed E-state index contributed by atoms with van der Waals surface area (Å²) in [6.45, 7) is 2.40. The number of aryl methyl sites for hydroxylation is 1. The van der Waals surface area contributed by atoms with Gasteiger partial charge in [-0.2, -0.15) is 5.26 Å². The van der Waals surface area contributed by atoms with E-state index in [2.05, 4.69) is 5.18 Å². The molecule has 0 aliphatic carbocycles. The van der Waals surface area contributed by atoms with Crippen LogP contribution in [0.3, 0.4) is 0 Å². The summed E-state index contributed by atoms with van der Waals surface area (Å²) in [6.07, 6.45) is 0. The SMILES string of the molecule is Cc1ccc(OCc2cccc(C(C#N)N=O)c2)cc1. The first kappa shape index (κ1) is 13.8. The predicted molar refractivity (Wildman–Crippen MR) is 76.1 cm³/mol. The molecule has 0 saturated heterocycles. The van der Waals surface area contributed by atoms with Gasteiger partial charge in [-0.3, -0.25) is 0 Å². The Balaban J connectivity index is 2.06. The summed E-state index contributed by atoms with van der Waals surface area (Å²) < 4.78 is 5.66. The normalized spacial score (nSPS) is 11.4. The Labute approximate surface area is 117 Å². The van der Waals surface area contributed by atoms with Crippen LogP contribution in [0.5, 0.6) is 5.75 Å². The third-order valence-electron chi connectivity index (χ3n) is 2.92. The summed E-state index contributed by atoms with van der Waals surface area (Å²) in [5.74, 6) is 0.784. The van der Waals surface area contributed by atoms with E-state index in [1.54, 1.807) is 18.2 Å². The van der Waals surface area contributed by atoms with Crippen molar-refractivity contribution in [1.82, 2.24) is 0 Å². The molecular formula is C16H14N2O2. The molecule has 0 aromatic heterocycles. The summed E-state index contributed by atoms with van der Waals surface area (Å²) >= 11 is 0. The van der Waals surface area contributed by atoms with Crippen molar-refractivity contribution >= 4 is 0 Å². The van der Waals surface area contributed by atoms with E-state index in [1.165, 1.54) is 5.56 Å². The molecule has 1 atom stereocenters. The smallest absolute Gasteiger partial charge is 0.203 e. The molecule has 0 saturated carbocycles. The number of nitrogens with zero attached hydrogens (tertiary/aromatic N) is 2. The predicted octanol–water partition coefficient (Wildman–Crippen LogP) is 3.91. The minimum atomic E-state index is -0.964. The van der Waals surface area contributed by atoms with Gasteiger partial charge >= 0.3 is 0 Å². The van der Waals surface area contributed by atoms with E-state index in [0.717, 1.165) is 11.3 Å². The fourth-order valence-corrected chi connectivity index (χ4v) is 1.81. The maximum Gasteiger partial charge on any atom is 0.203 e. The van der Waals surface area contributed by atoms with Crippen LogP contribution in [0, 0.1) is 23.2 Å². The van der Waals surface area contributed by atoms with Gasteiger partial charge in [-0.15, -0.1) is 4.91 Å². The molecule has 4 nitrogen and oxygen atoms in total. The lowest BCUT2D eigenvalue weighted by molar-refractivity contribution is 0.306. The Morgan fingerprint density at radius 2 is 2.00 bits per heavy atom. The van der Waals surface area contributed by atoms with Crippen LogP contribution in [0.4, 0.5) is 0 Å². The molecule has 0 spiro atoms. The van der Waals surface area contributed by atoms with Crippen LogP contribution < -0.4 is 4.74 Å². The number of hydrogen-bond donors (Lipinski definition) is 0. The molecule has 0 aliphatic heterocycles. The second-order valence-corrected chi connectivity index (χ2v) is 4.48. The highest BCUT2D eigenvalue weighted by Gasteiger charge is 2.10. The molecule has 4 heteroatoms. The second kappa shape index (κ2) is 6.48. The standard InChI is InChI=1S/C16H14N2O2/c1-12-5-7-15(8-6-12)20-11-13-3-2-4-14(9-13)16(10-17)18-19/h2-9,16H,11H2,1H3. The first-order valence-corrected chi connectivity index (χ1v) is 6.23. The topological polar surface area (TPSA) is 62.4 Å². The highest BCUT2D eigenvalue weighted by atomic mass is 16.5. The molecule has 20 heavy (non-hydrogen) atoms. The summed E-state index contributed by atoms with van der Waals surface area (Å²) in [4.78, 5) is 10.6. The summed E-state index contributed by atoms with van der Waals surface area (Å²) in [6, 6.07) is 15.8. The van der Waals surface area contributed by atoms with Gasteiger partial charge in [0.15, 0.2) is 0 Å². The van der Waals surface area contributed by atoms with Crippen molar-refractivity contribution in [2.75, 3.05) is 0 Å². The van der Waals surface area contributed by atoms with E-state index in [1.807, 2.05) is 43.3 Å². The minimum absolute atomic E-state index is 0.383. The van der Waals surface area contributed by atoms with Gasteiger partial charge in [0.1, 0.15) is 12.4 Å². The first-order chi connectivity index (χ1) is 9.72. The van der Waals surface area contributed by atoms with Crippen molar-refractivity contribution in [2.24, 2.45) is 5.18 Å². The second-order valence-electron chi connectivity index (χ2n) is 4.48. The number of ether oxygens (including phenoxy) is 1. The highest BCUT2D eigenvalue weighted by Crippen LogP contribution is 2.19. The van der Waals surface area contributed by atoms with Crippen molar-refractivity contribution < 1.29 is 4.74 Å². The highest BCUT2D eigenvalue weighted by molar-refractivity contribution is 5.30. The molecular weight excluding hydrogens is 252 g/mol. The monoisotopic (exact) mass is 266 g/mol. The molecule has 0 fully saturated rings. The van der Waals surface area contributed by atoms with Gasteiger partial charge in [0.05, 0.1) is 6.07 Å². The molecule has 0 amide bonds. The third kappa shape index (κ3) is 3.42. The van der Waals surface area contributed by atoms with E-state index in [4.69, 9.17) is 10.00 Å². The Morgan fingerprint density at radius 1 is 1.25 bits per heavy atom. The van der Waals surface area contributed by atoms with Crippen molar-refractivity contribution in [3.8, 4) is 11.8 Å². The molecule has 0 N–H and O–H groups in total. The van der Waals surface area contributed by atoms with E-state index < -0.39 is 6.04 Å². The molecule has 0 bridgehead atoms. The molecule has 100 valence electrons. The van der Waals surface area contributed by atoms with Gasteiger partial charge in [0.25, 0.3) is 0 Å². The maximum atomic E-state index is 10.6. The van der Waals surface area contributed by atoms with E-state index in [9.17, 15) is 4.91 Å². The zero-order valence-corrected chi connectivity index (χ0v) is 11.1. The zero-order chi connectivity index (χ0) is 14.4. The Morgan fingerprint density at radius 3 is 2.65 bits per heavy atom. The average molecular weight is 266 g/mol. The van der Waals surface area contributed by atoms with Gasteiger partial charge in [0, 0.05) is 0 Å².